The Bertz CT molecular complexity index is 872. The lowest BCUT2D eigenvalue weighted by atomic mass is 10.0. The number of nitrogens with one attached hydrogen (secondary N) is 1. The SMILES string of the molecule is O=C(CCc1ccccc1C(=O)O)Nc1cccc(C(=O)N2CCCCC2)c1. The number of carbonyl (C=O) groups excluding carboxylic acids is 2. The van der Waals surface area contributed by atoms with Crippen molar-refractivity contribution in [1.82, 2.24) is 4.90 Å². The summed E-state index contributed by atoms with van der Waals surface area (Å²) in [5.41, 5.74) is 1.97. The lowest BCUT2D eigenvalue weighted by molar-refractivity contribution is -0.116. The number of nitrogens with zero attached hydrogens (tertiary/aromatic N) is 1. The molecule has 2 N–H and O–H groups in total. The van der Waals surface area contributed by atoms with Crippen LogP contribution in [0, 0.1) is 0 Å². The van der Waals surface area contributed by atoms with E-state index in [1.165, 1.54) is 6.07 Å². The predicted octanol–water partition coefficient (Wildman–Crippen LogP) is 3.58. The molecule has 6 nitrogen and oxygen atoms in total. The van der Waals surface area contributed by atoms with Gasteiger partial charge in [0, 0.05) is 30.8 Å². The second-order valence-corrected chi connectivity index (χ2v) is 6.94. The number of benzene rings is 2. The topological polar surface area (TPSA) is 86.7 Å². The molecular formula is C22H24N2O4. The lowest BCUT2D eigenvalue weighted by Crippen LogP contribution is -2.35. The molecule has 1 aliphatic heterocycles. The molecule has 1 saturated heterocycles. The zero-order chi connectivity index (χ0) is 19.9. The van der Waals surface area contributed by atoms with Gasteiger partial charge in [0.05, 0.1) is 5.56 Å². The molecule has 0 spiro atoms. The number of hydrogen-bond acceptors (Lipinski definition) is 3. The summed E-state index contributed by atoms with van der Waals surface area (Å²) >= 11 is 0. The minimum absolute atomic E-state index is 0.00816. The van der Waals surface area contributed by atoms with E-state index >= 15 is 0 Å². The Kier molecular flexibility index (Phi) is 6.42. The Morgan fingerprint density at radius 3 is 2.46 bits per heavy atom. The van der Waals surface area contributed by atoms with Gasteiger partial charge in [0.15, 0.2) is 0 Å². The zero-order valence-corrected chi connectivity index (χ0v) is 15.7. The molecule has 28 heavy (non-hydrogen) atoms. The molecule has 0 aliphatic carbocycles. The molecule has 0 bridgehead atoms. The van der Waals surface area contributed by atoms with Gasteiger partial charge < -0.3 is 15.3 Å². The summed E-state index contributed by atoms with van der Waals surface area (Å²) in [6.07, 6.45) is 3.71. The van der Waals surface area contributed by atoms with Crippen molar-refractivity contribution in [2.24, 2.45) is 0 Å². The van der Waals surface area contributed by atoms with Crippen molar-refractivity contribution in [2.75, 3.05) is 18.4 Å². The van der Waals surface area contributed by atoms with Gasteiger partial charge in [-0.3, -0.25) is 9.59 Å². The number of carboxylic acid groups (broad SMARTS) is 1. The fourth-order valence-corrected chi connectivity index (χ4v) is 3.43. The van der Waals surface area contributed by atoms with Gasteiger partial charge in [0.1, 0.15) is 0 Å². The third kappa shape index (κ3) is 4.97. The van der Waals surface area contributed by atoms with Gasteiger partial charge >= 0.3 is 5.97 Å². The molecule has 0 unspecified atom stereocenters. The maximum atomic E-state index is 12.6. The van der Waals surface area contributed by atoms with Crippen molar-refractivity contribution in [2.45, 2.75) is 32.1 Å². The molecule has 6 heteroatoms. The Hall–Kier alpha value is -3.15. The number of piperidine rings is 1. The zero-order valence-electron chi connectivity index (χ0n) is 15.7. The van der Waals surface area contributed by atoms with Crippen LogP contribution in [0.1, 0.15) is 52.0 Å². The summed E-state index contributed by atoms with van der Waals surface area (Å²) in [7, 11) is 0. The second kappa shape index (κ2) is 9.17. The summed E-state index contributed by atoms with van der Waals surface area (Å²) in [5.74, 6) is -1.23. The highest BCUT2D eigenvalue weighted by atomic mass is 16.4. The van der Waals surface area contributed by atoms with Crippen LogP contribution in [0.3, 0.4) is 0 Å². The van der Waals surface area contributed by atoms with Crippen LogP contribution in [-0.4, -0.2) is 40.9 Å². The third-order valence-electron chi connectivity index (χ3n) is 4.91. The Labute approximate surface area is 164 Å². The van der Waals surface area contributed by atoms with Crippen molar-refractivity contribution in [1.29, 1.82) is 0 Å². The van der Waals surface area contributed by atoms with E-state index in [4.69, 9.17) is 0 Å². The smallest absolute Gasteiger partial charge is 0.335 e. The van der Waals surface area contributed by atoms with Crippen molar-refractivity contribution in [3.8, 4) is 0 Å². The minimum Gasteiger partial charge on any atom is -0.478 e. The first-order chi connectivity index (χ1) is 13.5. The molecule has 2 aromatic rings. The average Bonchev–Trinajstić information content (AvgIpc) is 2.72. The van der Waals surface area contributed by atoms with Crippen LogP contribution in [-0.2, 0) is 11.2 Å². The number of carbonyl (C=O) groups is 3. The minimum atomic E-state index is -1.00. The van der Waals surface area contributed by atoms with E-state index in [0.717, 1.165) is 32.4 Å². The number of anilines is 1. The van der Waals surface area contributed by atoms with E-state index < -0.39 is 5.97 Å². The number of carboxylic acids is 1. The highest BCUT2D eigenvalue weighted by Crippen LogP contribution is 2.17. The van der Waals surface area contributed by atoms with Gasteiger partial charge in [0.25, 0.3) is 5.91 Å². The quantitative estimate of drug-likeness (QED) is 0.802. The Morgan fingerprint density at radius 2 is 1.71 bits per heavy atom. The highest BCUT2D eigenvalue weighted by Gasteiger charge is 2.18. The summed E-state index contributed by atoms with van der Waals surface area (Å²) in [6, 6.07) is 13.6. The number of amides is 2. The first-order valence-electron chi connectivity index (χ1n) is 9.55. The average molecular weight is 380 g/mol. The van der Waals surface area contributed by atoms with E-state index in [2.05, 4.69) is 5.32 Å². The fourth-order valence-electron chi connectivity index (χ4n) is 3.43. The van der Waals surface area contributed by atoms with Crippen LogP contribution in [0.2, 0.25) is 0 Å². The third-order valence-corrected chi connectivity index (χ3v) is 4.91. The van der Waals surface area contributed by atoms with Gasteiger partial charge in [-0.25, -0.2) is 4.79 Å². The maximum absolute atomic E-state index is 12.6. The van der Waals surface area contributed by atoms with E-state index in [9.17, 15) is 19.5 Å². The molecule has 0 radical (unpaired) electrons. The molecule has 3 rings (SSSR count). The number of likely N-dealkylation sites (tertiary alicyclic amines) is 1. The van der Waals surface area contributed by atoms with Crippen LogP contribution in [0.4, 0.5) is 5.69 Å². The summed E-state index contributed by atoms with van der Waals surface area (Å²) in [6.45, 7) is 1.55. The number of aryl methyl sites for hydroxylation is 1. The molecule has 0 atom stereocenters. The summed E-state index contributed by atoms with van der Waals surface area (Å²) in [4.78, 5) is 38.0. The predicted molar refractivity (Wildman–Crippen MR) is 107 cm³/mol. The molecule has 1 heterocycles. The Balaban J connectivity index is 1.60. The van der Waals surface area contributed by atoms with Gasteiger partial charge in [-0.1, -0.05) is 24.3 Å². The Morgan fingerprint density at radius 1 is 0.964 bits per heavy atom. The van der Waals surface area contributed by atoms with E-state index in [0.29, 0.717) is 23.2 Å². The molecule has 0 saturated carbocycles. The highest BCUT2D eigenvalue weighted by molar-refractivity contribution is 5.97. The fraction of sp³-hybridized carbons (Fsp3) is 0.318. The number of rotatable bonds is 6. The number of aromatic carboxylic acids is 1. The molecule has 2 aromatic carbocycles. The van der Waals surface area contributed by atoms with Crippen LogP contribution < -0.4 is 5.32 Å². The molecular weight excluding hydrogens is 356 g/mol. The first kappa shape index (κ1) is 19.6. The summed E-state index contributed by atoms with van der Waals surface area (Å²) < 4.78 is 0. The van der Waals surface area contributed by atoms with E-state index in [1.54, 1.807) is 42.5 Å². The first-order valence-corrected chi connectivity index (χ1v) is 9.55. The molecule has 146 valence electrons. The molecule has 0 aromatic heterocycles. The molecule has 2 amide bonds. The lowest BCUT2D eigenvalue weighted by Gasteiger charge is -2.26. The monoisotopic (exact) mass is 380 g/mol. The number of hydrogen-bond donors (Lipinski definition) is 2. The summed E-state index contributed by atoms with van der Waals surface area (Å²) in [5, 5.41) is 12.0. The molecule has 1 aliphatic rings. The molecule has 1 fully saturated rings. The van der Waals surface area contributed by atoms with Crippen LogP contribution in [0.25, 0.3) is 0 Å². The van der Waals surface area contributed by atoms with Crippen molar-refractivity contribution in [3.63, 3.8) is 0 Å². The van der Waals surface area contributed by atoms with E-state index in [-0.39, 0.29) is 23.8 Å². The van der Waals surface area contributed by atoms with Gasteiger partial charge in [-0.2, -0.15) is 0 Å². The van der Waals surface area contributed by atoms with E-state index in [1.807, 2.05) is 4.90 Å². The van der Waals surface area contributed by atoms with Crippen LogP contribution in [0.5, 0.6) is 0 Å². The van der Waals surface area contributed by atoms with Gasteiger partial charge in [0.2, 0.25) is 5.91 Å². The maximum Gasteiger partial charge on any atom is 0.335 e. The normalized spacial score (nSPS) is 13.8. The second-order valence-electron chi connectivity index (χ2n) is 6.94. The van der Waals surface area contributed by atoms with Crippen molar-refractivity contribution >= 4 is 23.5 Å². The van der Waals surface area contributed by atoms with Gasteiger partial charge in [-0.15, -0.1) is 0 Å². The van der Waals surface area contributed by atoms with Crippen LogP contribution >= 0.6 is 0 Å². The van der Waals surface area contributed by atoms with Gasteiger partial charge in [-0.05, 0) is 55.5 Å². The van der Waals surface area contributed by atoms with Crippen molar-refractivity contribution < 1.29 is 19.5 Å². The van der Waals surface area contributed by atoms with Crippen molar-refractivity contribution in [3.05, 3.63) is 65.2 Å². The standard InChI is InChI=1S/C22H24N2O4/c25-20(12-11-16-7-2-3-10-19(16)22(27)28)23-18-9-6-8-17(15-18)21(26)24-13-4-1-5-14-24/h2-3,6-10,15H,1,4-5,11-14H2,(H,23,25)(H,27,28). The largest absolute Gasteiger partial charge is 0.478 e. The van der Waals surface area contributed by atoms with Crippen LogP contribution in [0.15, 0.2) is 48.5 Å².